The van der Waals surface area contributed by atoms with Gasteiger partial charge in [-0.25, -0.2) is 4.98 Å². The lowest BCUT2D eigenvalue weighted by molar-refractivity contribution is -0.00466. The van der Waals surface area contributed by atoms with Crippen LogP contribution in [0.1, 0.15) is 44.5 Å². The molecule has 5 heteroatoms. The van der Waals surface area contributed by atoms with Gasteiger partial charge in [-0.1, -0.05) is 6.92 Å². The number of rotatable bonds is 5. The molecule has 1 fully saturated rings. The Morgan fingerprint density at radius 2 is 2.42 bits per heavy atom. The average molecular weight is 283 g/mol. The lowest BCUT2D eigenvalue weighted by Gasteiger charge is -2.39. The maximum absolute atomic E-state index is 5.65. The van der Waals surface area contributed by atoms with Crippen LogP contribution in [0.25, 0.3) is 0 Å². The summed E-state index contributed by atoms with van der Waals surface area (Å²) in [5, 5.41) is 4.56. The summed E-state index contributed by atoms with van der Waals surface area (Å²) in [7, 11) is 1.81. The van der Waals surface area contributed by atoms with E-state index in [-0.39, 0.29) is 5.60 Å². The molecule has 108 valence electrons. The molecule has 2 rings (SSSR count). The minimum absolute atomic E-state index is 0.0304. The van der Waals surface area contributed by atoms with Crippen LogP contribution in [-0.4, -0.2) is 37.3 Å². The molecule has 19 heavy (non-hydrogen) atoms. The first kappa shape index (κ1) is 14.8. The summed E-state index contributed by atoms with van der Waals surface area (Å²) in [6, 6.07) is 0.384. The second-order valence-corrected chi connectivity index (χ2v) is 6.54. The molecule has 1 aliphatic rings. The molecule has 0 radical (unpaired) electrons. The summed E-state index contributed by atoms with van der Waals surface area (Å²) in [5.41, 5.74) is -0.0304. The van der Waals surface area contributed by atoms with Crippen LogP contribution >= 0.6 is 11.3 Å². The molecule has 1 N–H and O–H groups in total. The Morgan fingerprint density at radius 3 is 3.11 bits per heavy atom. The van der Waals surface area contributed by atoms with Gasteiger partial charge in [0.1, 0.15) is 0 Å². The van der Waals surface area contributed by atoms with Gasteiger partial charge in [-0.2, -0.15) is 0 Å². The third kappa shape index (κ3) is 3.46. The number of nitrogens with zero attached hydrogens (tertiary/aromatic N) is 2. The fourth-order valence-corrected chi connectivity index (χ4v) is 3.53. The van der Waals surface area contributed by atoms with Crippen molar-refractivity contribution in [1.82, 2.24) is 10.3 Å². The Labute approximate surface area is 120 Å². The molecule has 0 saturated carbocycles. The third-order valence-corrected chi connectivity index (χ3v) is 5.11. The van der Waals surface area contributed by atoms with Crippen molar-refractivity contribution in [3.8, 4) is 0 Å². The lowest BCUT2D eigenvalue weighted by Crippen LogP contribution is -2.47. The molecule has 2 heterocycles. The van der Waals surface area contributed by atoms with Gasteiger partial charge < -0.3 is 15.0 Å². The van der Waals surface area contributed by atoms with Gasteiger partial charge in [0.15, 0.2) is 5.13 Å². The highest BCUT2D eigenvalue weighted by Crippen LogP contribution is 2.32. The van der Waals surface area contributed by atoms with Crippen LogP contribution < -0.4 is 10.2 Å². The van der Waals surface area contributed by atoms with Crippen LogP contribution in [-0.2, 0) is 4.74 Å². The zero-order valence-corrected chi connectivity index (χ0v) is 13.2. The van der Waals surface area contributed by atoms with Crippen molar-refractivity contribution in [2.24, 2.45) is 0 Å². The number of hydrogen-bond acceptors (Lipinski definition) is 5. The average Bonchev–Trinajstić information content (AvgIpc) is 2.89. The fraction of sp³-hybridized carbons (Fsp3) is 0.786. The van der Waals surface area contributed by atoms with E-state index in [2.05, 4.69) is 36.0 Å². The molecule has 1 aromatic heterocycles. The van der Waals surface area contributed by atoms with E-state index >= 15 is 0 Å². The Bertz CT molecular complexity index is 409. The molecular weight excluding hydrogens is 258 g/mol. The van der Waals surface area contributed by atoms with E-state index in [0.29, 0.717) is 6.04 Å². The molecule has 0 spiro atoms. The van der Waals surface area contributed by atoms with Gasteiger partial charge in [0, 0.05) is 37.3 Å². The van der Waals surface area contributed by atoms with E-state index in [0.717, 1.165) is 31.2 Å². The van der Waals surface area contributed by atoms with Crippen LogP contribution in [0.3, 0.4) is 0 Å². The number of thiazole rings is 1. The van der Waals surface area contributed by atoms with Crippen molar-refractivity contribution < 1.29 is 4.74 Å². The molecule has 4 nitrogen and oxygen atoms in total. The maximum Gasteiger partial charge on any atom is 0.185 e. The van der Waals surface area contributed by atoms with Gasteiger partial charge in [0.2, 0.25) is 0 Å². The Hall–Kier alpha value is -0.650. The second-order valence-electron chi connectivity index (χ2n) is 5.50. The highest BCUT2D eigenvalue weighted by Gasteiger charge is 2.32. The minimum Gasteiger partial charge on any atom is -0.377 e. The van der Waals surface area contributed by atoms with E-state index in [1.54, 1.807) is 11.3 Å². The van der Waals surface area contributed by atoms with Crippen molar-refractivity contribution in [2.75, 3.05) is 31.6 Å². The van der Waals surface area contributed by atoms with Crippen molar-refractivity contribution in [3.63, 3.8) is 0 Å². The summed E-state index contributed by atoms with van der Waals surface area (Å²) < 4.78 is 5.65. The molecule has 2 atom stereocenters. The van der Waals surface area contributed by atoms with Crippen molar-refractivity contribution in [1.29, 1.82) is 0 Å². The number of anilines is 1. The quantitative estimate of drug-likeness (QED) is 0.901. The zero-order valence-electron chi connectivity index (χ0n) is 12.4. The SMILES string of the molecule is CCNC(C)c1cnc(N2CCCC(C)(OC)C2)s1. The predicted octanol–water partition coefficient (Wildman–Crippen LogP) is 2.82. The van der Waals surface area contributed by atoms with Crippen LogP contribution in [0, 0.1) is 0 Å². The number of nitrogens with one attached hydrogen (secondary N) is 1. The Morgan fingerprint density at radius 1 is 1.63 bits per heavy atom. The molecule has 0 aromatic carbocycles. The smallest absolute Gasteiger partial charge is 0.185 e. The first-order chi connectivity index (χ1) is 9.08. The molecule has 0 aliphatic carbocycles. The molecule has 1 aliphatic heterocycles. The summed E-state index contributed by atoms with van der Waals surface area (Å²) in [6.07, 6.45) is 4.31. The van der Waals surface area contributed by atoms with E-state index < -0.39 is 0 Å². The van der Waals surface area contributed by atoms with Crippen molar-refractivity contribution in [2.45, 2.75) is 45.3 Å². The van der Waals surface area contributed by atoms with E-state index in [4.69, 9.17) is 4.74 Å². The molecule has 1 saturated heterocycles. The Kier molecular flexibility index (Phi) is 4.81. The molecule has 0 bridgehead atoms. The molecular formula is C14H25N3OS. The molecule has 1 aromatic rings. The standard InChI is InChI=1S/C14H25N3OS/c1-5-15-11(2)12-9-16-13(19-12)17-8-6-7-14(3,10-17)18-4/h9,11,15H,5-8,10H2,1-4H3. The summed E-state index contributed by atoms with van der Waals surface area (Å²) in [4.78, 5) is 8.26. The summed E-state index contributed by atoms with van der Waals surface area (Å²) >= 11 is 1.80. The van der Waals surface area contributed by atoms with Gasteiger partial charge in [0.25, 0.3) is 0 Å². The van der Waals surface area contributed by atoms with E-state index in [1.165, 1.54) is 11.3 Å². The number of hydrogen-bond donors (Lipinski definition) is 1. The largest absolute Gasteiger partial charge is 0.377 e. The molecule has 0 amide bonds. The van der Waals surface area contributed by atoms with Gasteiger partial charge in [-0.05, 0) is 33.2 Å². The minimum atomic E-state index is -0.0304. The third-order valence-electron chi connectivity index (χ3n) is 3.87. The number of piperidine rings is 1. The van der Waals surface area contributed by atoms with E-state index in [1.807, 2.05) is 13.3 Å². The van der Waals surface area contributed by atoms with Crippen LogP contribution in [0.4, 0.5) is 5.13 Å². The number of aromatic nitrogens is 1. The lowest BCUT2D eigenvalue weighted by atomic mass is 9.95. The summed E-state index contributed by atoms with van der Waals surface area (Å²) in [6.45, 7) is 9.52. The van der Waals surface area contributed by atoms with Gasteiger partial charge >= 0.3 is 0 Å². The zero-order chi connectivity index (χ0) is 13.9. The second kappa shape index (κ2) is 6.20. The first-order valence-electron chi connectivity index (χ1n) is 7.07. The normalized spacial score (nSPS) is 25.6. The highest BCUT2D eigenvalue weighted by molar-refractivity contribution is 7.15. The predicted molar refractivity (Wildman–Crippen MR) is 81.1 cm³/mol. The van der Waals surface area contributed by atoms with Crippen LogP contribution in [0.15, 0.2) is 6.20 Å². The van der Waals surface area contributed by atoms with Crippen LogP contribution in [0.2, 0.25) is 0 Å². The number of methoxy groups -OCH3 is 1. The van der Waals surface area contributed by atoms with Gasteiger partial charge in [0.05, 0.1) is 5.60 Å². The van der Waals surface area contributed by atoms with Crippen molar-refractivity contribution >= 4 is 16.5 Å². The fourth-order valence-electron chi connectivity index (χ4n) is 2.57. The number of ether oxygens (including phenoxy) is 1. The maximum atomic E-state index is 5.65. The molecule has 2 unspecified atom stereocenters. The first-order valence-corrected chi connectivity index (χ1v) is 7.89. The van der Waals surface area contributed by atoms with Crippen molar-refractivity contribution in [3.05, 3.63) is 11.1 Å². The topological polar surface area (TPSA) is 37.4 Å². The van der Waals surface area contributed by atoms with Crippen LogP contribution in [0.5, 0.6) is 0 Å². The van der Waals surface area contributed by atoms with Gasteiger partial charge in [-0.3, -0.25) is 0 Å². The van der Waals surface area contributed by atoms with Gasteiger partial charge in [-0.15, -0.1) is 11.3 Å². The van der Waals surface area contributed by atoms with E-state index in [9.17, 15) is 0 Å². The summed E-state index contributed by atoms with van der Waals surface area (Å²) in [5.74, 6) is 0. The Balaban J connectivity index is 2.06. The monoisotopic (exact) mass is 283 g/mol. The highest BCUT2D eigenvalue weighted by atomic mass is 32.1.